The zero-order valence-electron chi connectivity index (χ0n) is 8.41. The highest BCUT2D eigenvalue weighted by Gasteiger charge is 2.29. The van der Waals surface area contributed by atoms with E-state index >= 15 is 0 Å². The lowest BCUT2D eigenvalue weighted by Crippen LogP contribution is -2.43. The molecule has 1 atom stereocenters. The summed E-state index contributed by atoms with van der Waals surface area (Å²) in [6.45, 7) is 4.12. The van der Waals surface area contributed by atoms with Crippen LogP contribution in [0.1, 0.15) is 19.3 Å². The van der Waals surface area contributed by atoms with Gasteiger partial charge in [-0.3, -0.25) is 9.69 Å². The van der Waals surface area contributed by atoms with Crippen molar-refractivity contribution in [3.63, 3.8) is 0 Å². The Bertz CT molecular complexity index is 206. The first-order valence-corrected chi connectivity index (χ1v) is 5.45. The third kappa shape index (κ3) is 2.07. The molecular weight excluding hydrogens is 180 g/mol. The molecule has 0 amide bonds. The highest BCUT2D eigenvalue weighted by atomic mass is 16.4. The number of aliphatic carboxylic acids is 1. The number of hydrogen-bond acceptors (Lipinski definition) is 3. The van der Waals surface area contributed by atoms with Gasteiger partial charge in [0, 0.05) is 12.6 Å². The standard InChI is InChI=1S/C10H18N2O2/c13-10(14)8-2-5-12(6-3-8)9-1-4-11-7-9/h8-9,11H,1-7H2,(H,13,14). The van der Waals surface area contributed by atoms with Crippen molar-refractivity contribution in [3.05, 3.63) is 0 Å². The number of rotatable bonds is 2. The minimum absolute atomic E-state index is 0.0967. The first-order valence-electron chi connectivity index (χ1n) is 5.45. The van der Waals surface area contributed by atoms with Gasteiger partial charge in [-0.15, -0.1) is 0 Å². The number of piperidine rings is 1. The number of carbonyl (C=O) groups is 1. The van der Waals surface area contributed by atoms with Crippen molar-refractivity contribution in [2.75, 3.05) is 26.2 Å². The molecule has 2 N–H and O–H groups in total. The lowest BCUT2D eigenvalue weighted by molar-refractivity contribution is -0.143. The molecule has 2 fully saturated rings. The van der Waals surface area contributed by atoms with E-state index in [2.05, 4.69) is 10.2 Å². The van der Waals surface area contributed by atoms with Gasteiger partial charge in [0.15, 0.2) is 0 Å². The zero-order valence-corrected chi connectivity index (χ0v) is 8.41. The summed E-state index contributed by atoms with van der Waals surface area (Å²) in [6.07, 6.45) is 2.87. The van der Waals surface area contributed by atoms with E-state index in [1.807, 2.05) is 0 Å². The maximum atomic E-state index is 10.8. The fourth-order valence-electron chi connectivity index (χ4n) is 2.46. The molecule has 4 nitrogen and oxygen atoms in total. The van der Waals surface area contributed by atoms with E-state index < -0.39 is 5.97 Å². The molecule has 2 heterocycles. The second kappa shape index (κ2) is 4.28. The molecule has 0 spiro atoms. The van der Waals surface area contributed by atoms with E-state index in [4.69, 9.17) is 5.11 Å². The molecule has 1 unspecified atom stereocenters. The molecule has 0 bridgehead atoms. The minimum Gasteiger partial charge on any atom is -0.481 e. The summed E-state index contributed by atoms with van der Waals surface area (Å²) in [5.74, 6) is -0.713. The van der Waals surface area contributed by atoms with Gasteiger partial charge in [-0.2, -0.15) is 0 Å². The van der Waals surface area contributed by atoms with Crippen LogP contribution in [0.3, 0.4) is 0 Å². The van der Waals surface area contributed by atoms with Crippen molar-refractivity contribution < 1.29 is 9.90 Å². The van der Waals surface area contributed by atoms with Crippen molar-refractivity contribution in [1.29, 1.82) is 0 Å². The van der Waals surface area contributed by atoms with Crippen LogP contribution in [-0.4, -0.2) is 48.2 Å². The Balaban J connectivity index is 1.80. The summed E-state index contributed by atoms with van der Waals surface area (Å²) in [4.78, 5) is 13.2. The average Bonchev–Trinajstić information content (AvgIpc) is 2.71. The van der Waals surface area contributed by atoms with Gasteiger partial charge in [0.25, 0.3) is 0 Å². The maximum absolute atomic E-state index is 10.8. The van der Waals surface area contributed by atoms with Gasteiger partial charge >= 0.3 is 5.97 Å². The second-order valence-corrected chi connectivity index (χ2v) is 4.30. The maximum Gasteiger partial charge on any atom is 0.306 e. The SMILES string of the molecule is O=C(O)C1CCN(C2CCNC2)CC1. The van der Waals surface area contributed by atoms with Gasteiger partial charge < -0.3 is 10.4 Å². The number of nitrogens with one attached hydrogen (secondary N) is 1. The number of carboxylic acid groups (broad SMARTS) is 1. The third-order valence-electron chi connectivity index (χ3n) is 3.43. The summed E-state index contributed by atoms with van der Waals surface area (Å²) < 4.78 is 0. The van der Waals surface area contributed by atoms with Gasteiger partial charge in [-0.25, -0.2) is 0 Å². The van der Waals surface area contributed by atoms with E-state index in [-0.39, 0.29) is 5.92 Å². The van der Waals surface area contributed by atoms with E-state index in [9.17, 15) is 4.79 Å². The Morgan fingerprint density at radius 2 is 2.00 bits per heavy atom. The molecule has 2 saturated heterocycles. The molecular formula is C10H18N2O2. The first-order chi connectivity index (χ1) is 6.77. The smallest absolute Gasteiger partial charge is 0.306 e. The normalized spacial score (nSPS) is 30.7. The van der Waals surface area contributed by atoms with Crippen LogP contribution in [0.5, 0.6) is 0 Å². The summed E-state index contributed by atoms with van der Waals surface area (Å²) in [5, 5.41) is 12.2. The van der Waals surface area contributed by atoms with Gasteiger partial charge in [0.2, 0.25) is 0 Å². The van der Waals surface area contributed by atoms with Gasteiger partial charge in [0.05, 0.1) is 5.92 Å². The topological polar surface area (TPSA) is 52.6 Å². The van der Waals surface area contributed by atoms with Crippen LogP contribution in [0.15, 0.2) is 0 Å². The molecule has 0 aliphatic carbocycles. The van der Waals surface area contributed by atoms with Crippen LogP contribution in [-0.2, 0) is 4.79 Å². The van der Waals surface area contributed by atoms with Crippen molar-refractivity contribution >= 4 is 5.97 Å². The number of carboxylic acids is 1. The summed E-state index contributed by atoms with van der Waals surface area (Å²) in [5.41, 5.74) is 0. The molecule has 2 aliphatic heterocycles. The highest BCUT2D eigenvalue weighted by molar-refractivity contribution is 5.70. The Hall–Kier alpha value is -0.610. The molecule has 0 aromatic heterocycles. The number of likely N-dealkylation sites (tertiary alicyclic amines) is 1. The van der Waals surface area contributed by atoms with E-state index in [1.54, 1.807) is 0 Å². The van der Waals surface area contributed by atoms with Crippen LogP contribution < -0.4 is 5.32 Å². The Kier molecular flexibility index (Phi) is 3.03. The molecule has 0 saturated carbocycles. The molecule has 0 aromatic carbocycles. The van der Waals surface area contributed by atoms with Crippen LogP contribution in [0, 0.1) is 5.92 Å². The fourth-order valence-corrected chi connectivity index (χ4v) is 2.46. The Morgan fingerprint density at radius 1 is 1.29 bits per heavy atom. The number of hydrogen-bond donors (Lipinski definition) is 2. The molecule has 0 radical (unpaired) electrons. The van der Waals surface area contributed by atoms with Crippen molar-refractivity contribution in [1.82, 2.24) is 10.2 Å². The summed E-state index contributed by atoms with van der Waals surface area (Å²) in [6, 6.07) is 0.657. The van der Waals surface area contributed by atoms with Crippen LogP contribution in [0.2, 0.25) is 0 Å². The quantitative estimate of drug-likeness (QED) is 0.663. The van der Waals surface area contributed by atoms with Crippen LogP contribution in [0.4, 0.5) is 0 Å². The van der Waals surface area contributed by atoms with Crippen LogP contribution >= 0.6 is 0 Å². The summed E-state index contributed by atoms with van der Waals surface area (Å²) in [7, 11) is 0. The molecule has 2 aliphatic rings. The van der Waals surface area contributed by atoms with Gasteiger partial charge in [-0.1, -0.05) is 0 Å². The number of nitrogens with zero attached hydrogens (tertiary/aromatic N) is 1. The zero-order chi connectivity index (χ0) is 9.97. The van der Waals surface area contributed by atoms with Gasteiger partial charge in [-0.05, 0) is 38.9 Å². The predicted molar refractivity (Wildman–Crippen MR) is 53.2 cm³/mol. The van der Waals surface area contributed by atoms with Crippen molar-refractivity contribution in [2.24, 2.45) is 5.92 Å². The van der Waals surface area contributed by atoms with Gasteiger partial charge in [0.1, 0.15) is 0 Å². The Morgan fingerprint density at radius 3 is 2.50 bits per heavy atom. The van der Waals surface area contributed by atoms with E-state index in [0.717, 1.165) is 39.0 Å². The fraction of sp³-hybridized carbons (Fsp3) is 0.900. The highest BCUT2D eigenvalue weighted by Crippen LogP contribution is 2.20. The van der Waals surface area contributed by atoms with E-state index in [0.29, 0.717) is 6.04 Å². The molecule has 14 heavy (non-hydrogen) atoms. The van der Waals surface area contributed by atoms with E-state index in [1.165, 1.54) is 6.42 Å². The first kappa shape index (κ1) is 9.93. The van der Waals surface area contributed by atoms with Crippen molar-refractivity contribution in [3.8, 4) is 0 Å². The third-order valence-corrected chi connectivity index (χ3v) is 3.43. The molecule has 80 valence electrons. The second-order valence-electron chi connectivity index (χ2n) is 4.30. The molecule has 2 rings (SSSR count). The lowest BCUT2D eigenvalue weighted by Gasteiger charge is -2.34. The molecule has 4 heteroatoms. The Labute approximate surface area is 84.3 Å². The summed E-state index contributed by atoms with van der Waals surface area (Å²) >= 11 is 0. The van der Waals surface area contributed by atoms with Crippen molar-refractivity contribution in [2.45, 2.75) is 25.3 Å². The minimum atomic E-state index is -0.616. The monoisotopic (exact) mass is 198 g/mol. The average molecular weight is 198 g/mol. The lowest BCUT2D eigenvalue weighted by atomic mass is 9.96. The predicted octanol–water partition coefficient (Wildman–Crippen LogP) is 0.145. The van der Waals surface area contributed by atoms with Crippen LogP contribution in [0.25, 0.3) is 0 Å². The molecule has 0 aromatic rings. The largest absolute Gasteiger partial charge is 0.481 e.